The molecular weight excluding hydrogens is 465 g/mol. The molecule has 190 valence electrons. The van der Waals surface area contributed by atoms with Crippen LogP contribution >= 0.6 is 0 Å². The molecule has 0 saturated carbocycles. The SMILES string of the molecule is CC[Si](CC)(CC)O[C@@H](CCCCO)c1ccc(F)c(N(C(=O)OC(C)(C)C)S(C)(=O)=O)c1. The third-order valence-electron chi connectivity index (χ3n) is 5.65. The van der Waals surface area contributed by atoms with Crippen molar-refractivity contribution in [3.05, 3.63) is 29.6 Å². The van der Waals surface area contributed by atoms with Crippen LogP contribution in [-0.4, -0.2) is 46.4 Å². The van der Waals surface area contributed by atoms with Crippen molar-refractivity contribution < 1.29 is 31.9 Å². The zero-order chi connectivity index (χ0) is 25.4. The number of carbonyl (C=O) groups excluding carboxylic acids is 1. The first-order valence-electron chi connectivity index (χ1n) is 11.5. The second kappa shape index (κ2) is 12.3. The molecule has 0 aliphatic carbocycles. The summed E-state index contributed by atoms with van der Waals surface area (Å²) in [6.07, 6.45) is 1.14. The fourth-order valence-corrected chi connectivity index (χ4v) is 7.30. The molecule has 0 heterocycles. The lowest BCUT2D eigenvalue weighted by molar-refractivity contribution is 0.0608. The molecule has 1 amide bonds. The van der Waals surface area contributed by atoms with Crippen LogP contribution in [-0.2, 0) is 19.2 Å². The maximum atomic E-state index is 14.9. The summed E-state index contributed by atoms with van der Waals surface area (Å²) in [4.78, 5) is 12.7. The molecule has 1 rings (SSSR count). The molecule has 1 N–H and O–H groups in total. The van der Waals surface area contributed by atoms with Crippen LogP contribution in [0.5, 0.6) is 0 Å². The smallest absolute Gasteiger partial charge is 0.428 e. The van der Waals surface area contributed by atoms with Crippen LogP contribution < -0.4 is 4.31 Å². The summed E-state index contributed by atoms with van der Waals surface area (Å²) in [6, 6.07) is 6.83. The third kappa shape index (κ3) is 8.66. The van der Waals surface area contributed by atoms with Crippen molar-refractivity contribution in [2.24, 2.45) is 0 Å². The first-order chi connectivity index (χ1) is 15.2. The Morgan fingerprint density at radius 1 is 1.15 bits per heavy atom. The molecule has 0 radical (unpaired) electrons. The van der Waals surface area contributed by atoms with Gasteiger partial charge in [-0.25, -0.2) is 17.6 Å². The number of amides is 1. The first kappa shape index (κ1) is 29.5. The van der Waals surface area contributed by atoms with Crippen molar-refractivity contribution in [2.45, 2.75) is 90.6 Å². The Kier molecular flexibility index (Phi) is 11.0. The molecule has 0 spiro atoms. The van der Waals surface area contributed by atoms with Crippen molar-refractivity contribution in [2.75, 3.05) is 17.2 Å². The van der Waals surface area contributed by atoms with Crippen molar-refractivity contribution in [1.29, 1.82) is 0 Å². The van der Waals surface area contributed by atoms with E-state index in [1.165, 1.54) is 6.07 Å². The average molecular weight is 506 g/mol. The summed E-state index contributed by atoms with van der Waals surface area (Å²) in [6.45, 7) is 11.2. The van der Waals surface area contributed by atoms with Gasteiger partial charge < -0.3 is 14.3 Å². The quantitative estimate of drug-likeness (QED) is 0.287. The molecule has 0 bridgehead atoms. The van der Waals surface area contributed by atoms with E-state index in [4.69, 9.17) is 9.16 Å². The van der Waals surface area contributed by atoms with Crippen LogP contribution in [0.4, 0.5) is 14.9 Å². The van der Waals surface area contributed by atoms with Crippen LogP contribution in [0, 0.1) is 5.82 Å². The second-order valence-electron chi connectivity index (χ2n) is 9.29. The first-order valence-corrected chi connectivity index (χ1v) is 15.9. The van der Waals surface area contributed by atoms with Gasteiger partial charge in [-0.2, -0.15) is 4.31 Å². The number of aliphatic hydroxyl groups excluding tert-OH is 1. The van der Waals surface area contributed by atoms with Crippen LogP contribution in [0.15, 0.2) is 18.2 Å². The average Bonchev–Trinajstić information content (AvgIpc) is 2.70. The highest BCUT2D eigenvalue weighted by Gasteiger charge is 2.35. The molecule has 0 aromatic heterocycles. The Labute approximate surface area is 199 Å². The van der Waals surface area contributed by atoms with E-state index in [0.29, 0.717) is 29.1 Å². The Morgan fingerprint density at radius 3 is 2.18 bits per heavy atom. The largest absolute Gasteiger partial charge is 0.443 e. The standard InChI is InChI=1S/C23H40FNO6SSi/c1-8-33(9-2,10-3)31-21(13-11-12-16-26)18-14-15-19(24)20(17-18)25(32(7,28)29)22(27)30-23(4,5)6/h14-15,17,21,26H,8-13,16H2,1-7H3/t21-/m0/s1. The fraction of sp³-hybridized carbons (Fsp3) is 0.696. The summed E-state index contributed by atoms with van der Waals surface area (Å²) in [5, 5.41) is 9.21. The highest BCUT2D eigenvalue weighted by atomic mass is 32.2. The molecule has 7 nitrogen and oxygen atoms in total. The second-order valence-corrected chi connectivity index (χ2v) is 15.8. The number of halogens is 1. The van der Waals surface area contributed by atoms with E-state index in [1.54, 1.807) is 26.8 Å². The van der Waals surface area contributed by atoms with Gasteiger partial charge in [-0.05, 0) is 75.9 Å². The van der Waals surface area contributed by atoms with Crippen LogP contribution in [0.2, 0.25) is 18.1 Å². The van der Waals surface area contributed by atoms with Gasteiger partial charge in [0.25, 0.3) is 0 Å². The number of aliphatic hydroxyl groups is 1. The zero-order valence-corrected chi connectivity index (χ0v) is 22.8. The fourth-order valence-electron chi connectivity index (χ4n) is 3.64. The highest BCUT2D eigenvalue weighted by molar-refractivity contribution is 7.92. The summed E-state index contributed by atoms with van der Waals surface area (Å²) in [5.41, 5.74) is -0.760. The third-order valence-corrected chi connectivity index (χ3v) is 11.3. The van der Waals surface area contributed by atoms with Gasteiger partial charge in [0, 0.05) is 6.61 Å². The van der Waals surface area contributed by atoms with Crippen molar-refractivity contribution in [3.8, 4) is 0 Å². The normalized spacial score (nSPS) is 13.6. The van der Waals surface area contributed by atoms with Gasteiger partial charge in [-0.15, -0.1) is 0 Å². The minimum atomic E-state index is -4.17. The molecule has 0 saturated heterocycles. The Balaban J connectivity index is 3.53. The van der Waals surface area contributed by atoms with Crippen molar-refractivity contribution in [3.63, 3.8) is 0 Å². The Hall–Kier alpha value is -1.49. The number of sulfonamides is 1. The van der Waals surface area contributed by atoms with Gasteiger partial charge >= 0.3 is 6.09 Å². The molecule has 0 unspecified atom stereocenters. The van der Waals surface area contributed by atoms with E-state index in [-0.39, 0.29) is 6.61 Å². The number of benzene rings is 1. The summed E-state index contributed by atoms with van der Waals surface area (Å²) < 4.78 is 52.1. The van der Waals surface area contributed by atoms with Gasteiger partial charge in [-0.3, -0.25) is 0 Å². The molecule has 0 aliphatic heterocycles. The number of anilines is 1. The summed E-state index contributed by atoms with van der Waals surface area (Å²) >= 11 is 0. The maximum absolute atomic E-state index is 14.9. The van der Waals surface area contributed by atoms with Gasteiger partial charge in [0.05, 0.1) is 18.0 Å². The van der Waals surface area contributed by atoms with Gasteiger partial charge in [0.15, 0.2) is 8.32 Å². The van der Waals surface area contributed by atoms with E-state index in [1.807, 2.05) is 0 Å². The minimum absolute atomic E-state index is 0.0553. The number of unbranched alkanes of at least 4 members (excludes halogenated alkanes) is 1. The lowest BCUT2D eigenvalue weighted by Crippen LogP contribution is -2.41. The topological polar surface area (TPSA) is 93.1 Å². The lowest BCUT2D eigenvalue weighted by Gasteiger charge is -2.34. The predicted octanol–water partition coefficient (Wildman–Crippen LogP) is 5.75. The number of hydrogen-bond acceptors (Lipinski definition) is 6. The van der Waals surface area contributed by atoms with Gasteiger partial charge in [0.1, 0.15) is 11.4 Å². The number of nitrogens with zero attached hydrogens (tertiary/aromatic N) is 1. The van der Waals surface area contributed by atoms with Crippen molar-refractivity contribution in [1.82, 2.24) is 0 Å². The van der Waals surface area contributed by atoms with Crippen molar-refractivity contribution >= 4 is 30.1 Å². The van der Waals surface area contributed by atoms with Gasteiger partial charge in [0.2, 0.25) is 10.0 Å². The molecule has 10 heteroatoms. The number of carbonyl (C=O) groups is 1. The number of rotatable bonds is 12. The van der Waals surface area contributed by atoms with E-state index in [0.717, 1.165) is 30.5 Å². The molecular formula is C23H40FNO6SSi. The van der Waals surface area contributed by atoms with E-state index in [9.17, 15) is 22.7 Å². The highest BCUT2D eigenvalue weighted by Crippen LogP contribution is 2.36. The molecule has 33 heavy (non-hydrogen) atoms. The van der Waals surface area contributed by atoms with E-state index < -0.39 is 47.6 Å². The zero-order valence-electron chi connectivity index (χ0n) is 21.0. The predicted molar refractivity (Wildman–Crippen MR) is 132 cm³/mol. The van der Waals surface area contributed by atoms with Crippen LogP contribution in [0.25, 0.3) is 0 Å². The van der Waals surface area contributed by atoms with E-state index >= 15 is 0 Å². The van der Waals surface area contributed by atoms with Gasteiger partial charge in [-0.1, -0.05) is 26.8 Å². The minimum Gasteiger partial charge on any atom is -0.443 e. The lowest BCUT2D eigenvalue weighted by atomic mass is 10.0. The number of hydrogen-bond donors (Lipinski definition) is 1. The molecule has 1 aromatic rings. The summed E-state index contributed by atoms with van der Waals surface area (Å²) in [7, 11) is -6.22. The van der Waals surface area contributed by atoms with Crippen LogP contribution in [0.3, 0.4) is 0 Å². The van der Waals surface area contributed by atoms with E-state index in [2.05, 4.69) is 20.8 Å². The molecule has 1 aromatic carbocycles. The Morgan fingerprint density at radius 2 is 1.73 bits per heavy atom. The van der Waals surface area contributed by atoms with Crippen LogP contribution in [0.1, 0.15) is 72.5 Å². The monoisotopic (exact) mass is 505 g/mol. The molecule has 1 atom stereocenters. The number of ether oxygens (including phenoxy) is 1. The molecule has 0 aliphatic rings. The molecule has 0 fully saturated rings. The maximum Gasteiger partial charge on any atom is 0.428 e. The summed E-state index contributed by atoms with van der Waals surface area (Å²) in [5.74, 6) is -0.853. The Bertz CT molecular complexity index is 875.